The molecule has 70 valence electrons. The number of nitrogens with one attached hydrogen (secondary N) is 1. The molecule has 0 aliphatic heterocycles. The molecular formula is C8H10N2O3. The lowest BCUT2D eigenvalue weighted by molar-refractivity contribution is 0.131. The average molecular weight is 182 g/mol. The minimum absolute atomic E-state index is 0.0152. The van der Waals surface area contributed by atoms with E-state index < -0.39 is 6.09 Å². The number of ether oxygens (including phenoxy) is 1. The van der Waals surface area contributed by atoms with Crippen molar-refractivity contribution < 1.29 is 14.6 Å². The van der Waals surface area contributed by atoms with E-state index in [9.17, 15) is 4.79 Å². The summed E-state index contributed by atoms with van der Waals surface area (Å²) < 4.78 is 4.56. The highest BCUT2D eigenvalue weighted by Crippen LogP contribution is 1.99. The van der Waals surface area contributed by atoms with E-state index in [2.05, 4.69) is 15.0 Å². The average Bonchev–Trinajstić information content (AvgIpc) is 2.16. The van der Waals surface area contributed by atoms with E-state index in [1.807, 2.05) is 0 Å². The number of aromatic nitrogens is 1. The van der Waals surface area contributed by atoms with E-state index in [1.165, 1.54) is 0 Å². The molecule has 0 aromatic carbocycles. The Labute approximate surface area is 75.4 Å². The second kappa shape index (κ2) is 5.10. The molecule has 1 amide bonds. The molecule has 0 radical (unpaired) electrons. The summed E-state index contributed by atoms with van der Waals surface area (Å²) in [5, 5.41) is 10.8. The van der Waals surface area contributed by atoms with Gasteiger partial charge in [-0.3, -0.25) is 5.32 Å². The SMILES string of the molecule is O=C(Nc1ccccn1)OCCO. The molecule has 0 aliphatic carbocycles. The number of hydrogen-bond donors (Lipinski definition) is 2. The third-order valence-corrected chi connectivity index (χ3v) is 1.22. The highest BCUT2D eigenvalue weighted by atomic mass is 16.6. The van der Waals surface area contributed by atoms with E-state index >= 15 is 0 Å². The molecule has 0 fully saturated rings. The fourth-order valence-corrected chi connectivity index (χ4v) is 0.716. The molecule has 1 aromatic heterocycles. The maximum Gasteiger partial charge on any atom is 0.412 e. The molecule has 1 rings (SSSR count). The van der Waals surface area contributed by atoms with Gasteiger partial charge in [-0.15, -0.1) is 0 Å². The van der Waals surface area contributed by atoms with Gasteiger partial charge in [-0.25, -0.2) is 9.78 Å². The molecule has 0 spiro atoms. The predicted molar refractivity (Wildman–Crippen MR) is 46.3 cm³/mol. The number of rotatable bonds is 3. The number of carbonyl (C=O) groups excluding carboxylic acids is 1. The van der Waals surface area contributed by atoms with E-state index in [0.29, 0.717) is 5.82 Å². The fraction of sp³-hybridized carbons (Fsp3) is 0.250. The number of carbonyl (C=O) groups is 1. The number of aliphatic hydroxyl groups is 1. The first kappa shape index (κ1) is 9.47. The number of hydrogen-bond acceptors (Lipinski definition) is 4. The van der Waals surface area contributed by atoms with Crippen LogP contribution in [0.2, 0.25) is 0 Å². The van der Waals surface area contributed by atoms with E-state index in [1.54, 1.807) is 24.4 Å². The lowest BCUT2D eigenvalue weighted by Crippen LogP contribution is -2.16. The topological polar surface area (TPSA) is 71.5 Å². The Hall–Kier alpha value is -1.62. The number of nitrogens with zero attached hydrogens (tertiary/aromatic N) is 1. The Morgan fingerprint density at radius 3 is 3.08 bits per heavy atom. The summed E-state index contributed by atoms with van der Waals surface area (Å²) in [4.78, 5) is 14.7. The number of anilines is 1. The van der Waals surface area contributed by atoms with Gasteiger partial charge in [0.25, 0.3) is 0 Å². The molecular weight excluding hydrogens is 172 g/mol. The lowest BCUT2D eigenvalue weighted by Gasteiger charge is -2.03. The van der Waals surface area contributed by atoms with Crippen LogP contribution in [0.3, 0.4) is 0 Å². The van der Waals surface area contributed by atoms with Crippen LogP contribution in [0.4, 0.5) is 10.6 Å². The Bertz CT molecular complexity index is 263. The smallest absolute Gasteiger partial charge is 0.412 e. The van der Waals surface area contributed by atoms with Crippen LogP contribution in [0, 0.1) is 0 Å². The van der Waals surface area contributed by atoms with Gasteiger partial charge < -0.3 is 9.84 Å². The van der Waals surface area contributed by atoms with Crippen molar-refractivity contribution in [1.82, 2.24) is 4.98 Å². The van der Waals surface area contributed by atoms with Gasteiger partial charge in [0.15, 0.2) is 0 Å². The maximum atomic E-state index is 10.9. The van der Waals surface area contributed by atoms with Crippen LogP contribution in [0.1, 0.15) is 0 Å². The third-order valence-electron chi connectivity index (χ3n) is 1.22. The van der Waals surface area contributed by atoms with E-state index in [0.717, 1.165) is 0 Å². The molecule has 13 heavy (non-hydrogen) atoms. The van der Waals surface area contributed by atoms with Gasteiger partial charge in [0.2, 0.25) is 0 Å². The summed E-state index contributed by atoms with van der Waals surface area (Å²) in [6.45, 7) is -0.200. The standard InChI is InChI=1S/C8H10N2O3/c11-5-6-13-8(12)10-7-3-1-2-4-9-7/h1-4,11H,5-6H2,(H,9,10,12). The zero-order valence-corrected chi connectivity index (χ0v) is 6.93. The summed E-state index contributed by atoms with van der Waals surface area (Å²) in [7, 11) is 0. The molecule has 5 heteroatoms. The van der Waals surface area contributed by atoms with Gasteiger partial charge in [-0.2, -0.15) is 0 Å². The van der Waals surface area contributed by atoms with Crippen molar-refractivity contribution in [3.63, 3.8) is 0 Å². The molecule has 0 unspecified atom stereocenters. The molecule has 0 aliphatic rings. The summed E-state index contributed by atoms with van der Waals surface area (Å²) in [5.41, 5.74) is 0. The lowest BCUT2D eigenvalue weighted by atomic mass is 10.5. The van der Waals surface area contributed by atoms with Crippen LogP contribution in [0.5, 0.6) is 0 Å². The van der Waals surface area contributed by atoms with Gasteiger partial charge in [-0.05, 0) is 12.1 Å². The number of pyridine rings is 1. The molecule has 0 saturated carbocycles. The monoisotopic (exact) mass is 182 g/mol. The zero-order chi connectivity index (χ0) is 9.52. The minimum Gasteiger partial charge on any atom is -0.447 e. The van der Waals surface area contributed by atoms with E-state index in [4.69, 9.17) is 5.11 Å². The van der Waals surface area contributed by atoms with Crippen molar-refractivity contribution in [2.45, 2.75) is 0 Å². The Balaban J connectivity index is 2.37. The highest BCUT2D eigenvalue weighted by Gasteiger charge is 2.01. The highest BCUT2D eigenvalue weighted by molar-refractivity contribution is 5.83. The van der Waals surface area contributed by atoms with Crippen LogP contribution >= 0.6 is 0 Å². The van der Waals surface area contributed by atoms with E-state index in [-0.39, 0.29) is 13.2 Å². The first-order chi connectivity index (χ1) is 6.33. The van der Waals surface area contributed by atoms with Crippen LogP contribution in [-0.4, -0.2) is 29.4 Å². The van der Waals surface area contributed by atoms with Crippen molar-refractivity contribution in [1.29, 1.82) is 0 Å². The van der Waals surface area contributed by atoms with Gasteiger partial charge >= 0.3 is 6.09 Å². The van der Waals surface area contributed by atoms with Crippen LogP contribution in [0.25, 0.3) is 0 Å². The summed E-state index contributed by atoms with van der Waals surface area (Å²) in [6.07, 6.45) is 0.939. The molecule has 0 saturated heterocycles. The summed E-state index contributed by atoms with van der Waals surface area (Å²) >= 11 is 0. The first-order valence-electron chi connectivity index (χ1n) is 3.78. The van der Waals surface area contributed by atoms with Crippen molar-refractivity contribution in [3.8, 4) is 0 Å². The van der Waals surface area contributed by atoms with Crippen LogP contribution in [0.15, 0.2) is 24.4 Å². The van der Waals surface area contributed by atoms with Gasteiger partial charge in [0.1, 0.15) is 12.4 Å². The fourth-order valence-electron chi connectivity index (χ4n) is 0.716. The normalized spacial score (nSPS) is 9.31. The zero-order valence-electron chi connectivity index (χ0n) is 6.93. The van der Waals surface area contributed by atoms with Gasteiger partial charge in [0, 0.05) is 6.20 Å². The van der Waals surface area contributed by atoms with Gasteiger partial charge in [-0.1, -0.05) is 6.07 Å². The molecule has 5 nitrogen and oxygen atoms in total. The second-order valence-electron chi connectivity index (χ2n) is 2.20. The van der Waals surface area contributed by atoms with Crippen molar-refractivity contribution in [3.05, 3.63) is 24.4 Å². The first-order valence-corrected chi connectivity index (χ1v) is 3.78. The van der Waals surface area contributed by atoms with Crippen LogP contribution < -0.4 is 5.32 Å². The molecule has 0 atom stereocenters. The Morgan fingerprint density at radius 1 is 1.62 bits per heavy atom. The van der Waals surface area contributed by atoms with Crippen molar-refractivity contribution >= 4 is 11.9 Å². The van der Waals surface area contributed by atoms with Gasteiger partial charge in [0.05, 0.1) is 6.61 Å². The summed E-state index contributed by atoms with van der Waals surface area (Å²) in [5.74, 6) is 0.422. The predicted octanol–water partition coefficient (Wildman–Crippen LogP) is 0.622. The largest absolute Gasteiger partial charge is 0.447 e. The molecule has 0 bridgehead atoms. The molecule has 2 N–H and O–H groups in total. The Kier molecular flexibility index (Phi) is 3.72. The minimum atomic E-state index is -0.618. The number of amides is 1. The van der Waals surface area contributed by atoms with Crippen molar-refractivity contribution in [2.24, 2.45) is 0 Å². The third kappa shape index (κ3) is 3.53. The maximum absolute atomic E-state index is 10.9. The number of aliphatic hydroxyl groups excluding tert-OH is 1. The van der Waals surface area contributed by atoms with Crippen molar-refractivity contribution in [2.75, 3.05) is 18.5 Å². The Morgan fingerprint density at radius 2 is 2.46 bits per heavy atom. The molecule has 1 heterocycles. The second-order valence-corrected chi connectivity index (χ2v) is 2.20. The quantitative estimate of drug-likeness (QED) is 0.718. The summed E-state index contributed by atoms with van der Waals surface area (Å²) in [6, 6.07) is 5.12. The van der Waals surface area contributed by atoms with Crippen LogP contribution in [-0.2, 0) is 4.74 Å². The molecule has 1 aromatic rings.